The SMILES string of the molecule is CC(C)(C)OC(=O)NCCNCC1=CCCC=C1O. The van der Waals surface area contributed by atoms with E-state index in [-0.39, 0.29) is 0 Å². The van der Waals surface area contributed by atoms with E-state index in [1.54, 1.807) is 0 Å². The minimum Gasteiger partial charge on any atom is -0.508 e. The molecule has 0 spiro atoms. The largest absolute Gasteiger partial charge is 0.508 e. The van der Waals surface area contributed by atoms with Gasteiger partial charge in [0.15, 0.2) is 0 Å². The van der Waals surface area contributed by atoms with Gasteiger partial charge >= 0.3 is 6.09 Å². The molecule has 0 aromatic heterocycles. The molecule has 1 rings (SSSR count). The van der Waals surface area contributed by atoms with Crippen LogP contribution in [-0.2, 0) is 4.74 Å². The zero-order chi connectivity index (χ0) is 14.3. The van der Waals surface area contributed by atoms with Crippen LogP contribution in [0.15, 0.2) is 23.5 Å². The number of hydrogen-bond donors (Lipinski definition) is 3. The van der Waals surface area contributed by atoms with Crippen LogP contribution in [0.4, 0.5) is 4.79 Å². The Morgan fingerprint density at radius 3 is 2.63 bits per heavy atom. The van der Waals surface area contributed by atoms with E-state index in [1.807, 2.05) is 32.9 Å². The number of hydrogen-bond acceptors (Lipinski definition) is 4. The summed E-state index contributed by atoms with van der Waals surface area (Å²) in [6.45, 7) is 7.22. The molecule has 0 atom stereocenters. The van der Waals surface area contributed by atoms with Gasteiger partial charge < -0.3 is 20.5 Å². The molecule has 1 aliphatic carbocycles. The molecule has 0 unspecified atom stereocenters. The average Bonchev–Trinajstić information content (AvgIpc) is 2.28. The first-order chi connectivity index (χ1) is 8.88. The van der Waals surface area contributed by atoms with Gasteiger partial charge in [-0.15, -0.1) is 0 Å². The molecule has 0 saturated carbocycles. The summed E-state index contributed by atoms with van der Waals surface area (Å²) in [7, 11) is 0. The Hall–Kier alpha value is -1.49. The Morgan fingerprint density at radius 1 is 1.32 bits per heavy atom. The van der Waals surface area contributed by atoms with Gasteiger partial charge in [0.05, 0.1) is 0 Å². The van der Waals surface area contributed by atoms with E-state index in [0.717, 1.165) is 18.4 Å². The predicted molar refractivity (Wildman–Crippen MR) is 75.1 cm³/mol. The van der Waals surface area contributed by atoms with Crippen molar-refractivity contribution in [1.82, 2.24) is 10.6 Å². The topological polar surface area (TPSA) is 70.6 Å². The highest BCUT2D eigenvalue weighted by Gasteiger charge is 2.15. The van der Waals surface area contributed by atoms with Crippen molar-refractivity contribution in [3.05, 3.63) is 23.5 Å². The quantitative estimate of drug-likeness (QED) is 0.669. The minimum atomic E-state index is -0.471. The van der Waals surface area contributed by atoms with Crippen LogP contribution in [0.2, 0.25) is 0 Å². The lowest BCUT2D eigenvalue weighted by molar-refractivity contribution is 0.0528. The van der Waals surface area contributed by atoms with Crippen LogP contribution in [0, 0.1) is 0 Å². The number of rotatable bonds is 5. The van der Waals surface area contributed by atoms with Crippen LogP contribution >= 0.6 is 0 Å². The number of alkyl carbamates (subject to hydrolysis) is 1. The zero-order valence-electron chi connectivity index (χ0n) is 12.0. The molecule has 0 aromatic rings. The van der Waals surface area contributed by atoms with Gasteiger partial charge in [-0.05, 0) is 39.7 Å². The molecular weight excluding hydrogens is 244 g/mol. The number of aliphatic hydroxyl groups excluding tert-OH is 1. The second-order valence-corrected chi connectivity index (χ2v) is 5.50. The first-order valence-electron chi connectivity index (χ1n) is 6.64. The molecule has 0 aliphatic heterocycles. The Balaban J connectivity index is 2.10. The number of carbonyl (C=O) groups is 1. The highest BCUT2D eigenvalue weighted by molar-refractivity contribution is 5.67. The summed E-state index contributed by atoms with van der Waals surface area (Å²) < 4.78 is 5.11. The summed E-state index contributed by atoms with van der Waals surface area (Å²) >= 11 is 0. The molecule has 5 heteroatoms. The second kappa shape index (κ2) is 7.19. The van der Waals surface area contributed by atoms with Crippen LogP contribution in [0.1, 0.15) is 33.6 Å². The van der Waals surface area contributed by atoms with Crippen molar-refractivity contribution >= 4 is 6.09 Å². The van der Waals surface area contributed by atoms with Crippen LogP contribution in [0.25, 0.3) is 0 Å². The fraction of sp³-hybridized carbons (Fsp3) is 0.643. The molecule has 108 valence electrons. The maximum absolute atomic E-state index is 11.4. The third-order valence-electron chi connectivity index (χ3n) is 2.51. The molecule has 0 radical (unpaired) electrons. The summed E-state index contributed by atoms with van der Waals surface area (Å²) in [5.74, 6) is 0.360. The van der Waals surface area contributed by atoms with E-state index < -0.39 is 11.7 Å². The van der Waals surface area contributed by atoms with E-state index in [2.05, 4.69) is 10.6 Å². The van der Waals surface area contributed by atoms with Crippen molar-refractivity contribution in [2.75, 3.05) is 19.6 Å². The van der Waals surface area contributed by atoms with Gasteiger partial charge in [-0.2, -0.15) is 0 Å². The zero-order valence-corrected chi connectivity index (χ0v) is 12.0. The molecule has 0 fully saturated rings. The Kier molecular flexibility index (Phi) is 5.89. The third kappa shape index (κ3) is 6.86. The number of aliphatic hydroxyl groups is 1. The van der Waals surface area contributed by atoms with Crippen LogP contribution in [-0.4, -0.2) is 36.4 Å². The predicted octanol–water partition coefficient (Wildman–Crippen LogP) is 2.26. The summed E-state index contributed by atoms with van der Waals surface area (Å²) in [6.07, 6.45) is 5.32. The monoisotopic (exact) mass is 268 g/mol. The van der Waals surface area contributed by atoms with E-state index in [4.69, 9.17) is 4.74 Å². The third-order valence-corrected chi connectivity index (χ3v) is 2.51. The smallest absolute Gasteiger partial charge is 0.407 e. The lowest BCUT2D eigenvalue weighted by atomic mass is 10.1. The van der Waals surface area contributed by atoms with Gasteiger partial charge in [0.1, 0.15) is 11.4 Å². The molecule has 3 N–H and O–H groups in total. The van der Waals surface area contributed by atoms with E-state index in [1.165, 1.54) is 0 Å². The Labute approximate surface area is 114 Å². The molecular formula is C14H24N2O3. The van der Waals surface area contributed by atoms with Crippen molar-refractivity contribution in [2.45, 2.75) is 39.2 Å². The molecule has 0 saturated heterocycles. The van der Waals surface area contributed by atoms with Gasteiger partial charge in [-0.25, -0.2) is 4.79 Å². The minimum absolute atomic E-state index is 0.360. The number of carbonyl (C=O) groups excluding carboxylic acids is 1. The maximum atomic E-state index is 11.4. The van der Waals surface area contributed by atoms with Crippen molar-refractivity contribution in [1.29, 1.82) is 0 Å². The maximum Gasteiger partial charge on any atom is 0.407 e. The van der Waals surface area contributed by atoms with E-state index >= 15 is 0 Å². The van der Waals surface area contributed by atoms with Crippen LogP contribution in [0.5, 0.6) is 0 Å². The summed E-state index contributed by atoms with van der Waals surface area (Å²) in [5, 5.41) is 15.4. The van der Waals surface area contributed by atoms with Crippen LogP contribution in [0.3, 0.4) is 0 Å². The Morgan fingerprint density at radius 2 is 2.00 bits per heavy atom. The molecule has 0 heterocycles. The van der Waals surface area contributed by atoms with E-state index in [0.29, 0.717) is 25.4 Å². The lowest BCUT2D eigenvalue weighted by Gasteiger charge is -2.19. The summed E-state index contributed by atoms with van der Waals surface area (Å²) in [5.41, 5.74) is 0.449. The number of amides is 1. The molecule has 19 heavy (non-hydrogen) atoms. The molecule has 1 amide bonds. The van der Waals surface area contributed by atoms with Gasteiger partial charge in [0, 0.05) is 25.2 Å². The van der Waals surface area contributed by atoms with Crippen LogP contribution < -0.4 is 10.6 Å². The van der Waals surface area contributed by atoms with Crippen molar-refractivity contribution in [3.63, 3.8) is 0 Å². The van der Waals surface area contributed by atoms with Crippen molar-refractivity contribution in [2.24, 2.45) is 0 Å². The number of allylic oxidation sites excluding steroid dienone is 2. The Bertz CT molecular complexity index is 367. The first kappa shape index (κ1) is 15.6. The fourth-order valence-corrected chi connectivity index (χ4v) is 1.67. The molecule has 0 aromatic carbocycles. The van der Waals surface area contributed by atoms with Gasteiger partial charge in [-0.3, -0.25) is 0 Å². The summed E-state index contributed by atoms with van der Waals surface area (Å²) in [4.78, 5) is 11.4. The molecule has 1 aliphatic rings. The second-order valence-electron chi connectivity index (χ2n) is 5.50. The van der Waals surface area contributed by atoms with Gasteiger partial charge in [0.25, 0.3) is 0 Å². The lowest BCUT2D eigenvalue weighted by Crippen LogP contribution is -2.36. The highest BCUT2D eigenvalue weighted by Crippen LogP contribution is 2.14. The van der Waals surface area contributed by atoms with Gasteiger partial charge in [0.2, 0.25) is 0 Å². The first-order valence-corrected chi connectivity index (χ1v) is 6.64. The molecule has 0 bridgehead atoms. The number of nitrogens with one attached hydrogen (secondary N) is 2. The van der Waals surface area contributed by atoms with E-state index in [9.17, 15) is 9.90 Å². The molecule has 5 nitrogen and oxygen atoms in total. The number of ether oxygens (including phenoxy) is 1. The van der Waals surface area contributed by atoms with Crippen molar-refractivity contribution in [3.8, 4) is 0 Å². The average molecular weight is 268 g/mol. The highest BCUT2D eigenvalue weighted by atomic mass is 16.6. The van der Waals surface area contributed by atoms with Gasteiger partial charge in [-0.1, -0.05) is 6.08 Å². The normalized spacial score (nSPS) is 15.5. The van der Waals surface area contributed by atoms with Crippen molar-refractivity contribution < 1.29 is 14.6 Å². The standard InChI is InChI=1S/C14H24N2O3/c1-14(2,3)19-13(18)16-9-8-15-10-11-6-4-5-7-12(11)17/h6-7,15,17H,4-5,8-10H2,1-3H3,(H,16,18). The fourth-order valence-electron chi connectivity index (χ4n) is 1.67. The summed E-state index contributed by atoms with van der Waals surface area (Å²) in [6, 6.07) is 0.